The molecule has 0 radical (unpaired) electrons. The number of ether oxygens (including phenoxy) is 1. The summed E-state index contributed by atoms with van der Waals surface area (Å²) in [7, 11) is 0. The minimum atomic E-state index is -0.157. The number of amides is 2. The number of fused-ring (bicyclic) bond motifs is 1. The minimum Gasteiger partial charge on any atom is -0.492 e. The smallest absolute Gasteiger partial charge is 0.229 e. The van der Waals surface area contributed by atoms with Crippen LogP contribution >= 0.6 is 12.4 Å². The van der Waals surface area contributed by atoms with Crippen molar-refractivity contribution in [3.63, 3.8) is 0 Å². The Morgan fingerprint density at radius 1 is 1.36 bits per heavy atom. The van der Waals surface area contributed by atoms with E-state index >= 15 is 0 Å². The van der Waals surface area contributed by atoms with E-state index in [9.17, 15) is 9.59 Å². The van der Waals surface area contributed by atoms with Gasteiger partial charge in [-0.2, -0.15) is 0 Å². The van der Waals surface area contributed by atoms with Gasteiger partial charge in [-0.15, -0.1) is 12.4 Å². The van der Waals surface area contributed by atoms with Gasteiger partial charge in [0.25, 0.3) is 0 Å². The number of carbonyl (C=O) groups is 2. The summed E-state index contributed by atoms with van der Waals surface area (Å²) in [6, 6.07) is 5.68. The average molecular weight is 326 g/mol. The normalized spacial score (nSPS) is 20.5. The first kappa shape index (κ1) is 16.6. The second-order valence-corrected chi connectivity index (χ2v) is 5.38. The fourth-order valence-electron chi connectivity index (χ4n) is 2.59. The van der Waals surface area contributed by atoms with Crippen molar-refractivity contribution in [2.24, 2.45) is 5.92 Å². The Kier molecular flexibility index (Phi) is 5.63. The van der Waals surface area contributed by atoms with Gasteiger partial charge in [0.2, 0.25) is 11.8 Å². The second-order valence-electron chi connectivity index (χ2n) is 5.38. The van der Waals surface area contributed by atoms with Gasteiger partial charge in [0.15, 0.2) is 0 Å². The zero-order valence-corrected chi connectivity index (χ0v) is 13.0. The summed E-state index contributed by atoms with van der Waals surface area (Å²) in [4.78, 5) is 23.3. The lowest BCUT2D eigenvalue weighted by molar-refractivity contribution is -0.126. The molecule has 2 aliphatic rings. The number of anilines is 1. The van der Waals surface area contributed by atoms with Gasteiger partial charge in [-0.3, -0.25) is 9.59 Å². The molecule has 3 N–H and O–H groups in total. The molecule has 1 unspecified atom stereocenters. The molecule has 0 saturated carbocycles. The second kappa shape index (κ2) is 7.47. The average Bonchev–Trinajstić information content (AvgIpc) is 2.72. The highest BCUT2D eigenvalue weighted by Crippen LogP contribution is 2.24. The predicted octanol–water partition coefficient (Wildman–Crippen LogP) is 1.06. The Hall–Kier alpha value is -1.79. The van der Waals surface area contributed by atoms with E-state index in [2.05, 4.69) is 16.0 Å². The van der Waals surface area contributed by atoms with Gasteiger partial charge >= 0.3 is 0 Å². The predicted molar refractivity (Wildman–Crippen MR) is 85.3 cm³/mol. The fraction of sp³-hybridized carbons (Fsp3) is 0.467. The fourth-order valence-corrected chi connectivity index (χ4v) is 2.59. The minimum absolute atomic E-state index is 0. The van der Waals surface area contributed by atoms with Gasteiger partial charge in [-0.05, 0) is 24.6 Å². The Morgan fingerprint density at radius 2 is 2.23 bits per heavy atom. The van der Waals surface area contributed by atoms with Crippen LogP contribution in [0.15, 0.2) is 18.2 Å². The zero-order chi connectivity index (χ0) is 14.7. The quantitative estimate of drug-likeness (QED) is 0.759. The van der Waals surface area contributed by atoms with Gasteiger partial charge in [0, 0.05) is 37.3 Å². The van der Waals surface area contributed by atoms with Crippen LogP contribution in [0.3, 0.4) is 0 Å². The maximum absolute atomic E-state index is 12.2. The van der Waals surface area contributed by atoms with Gasteiger partial charge in [-0.1, -0.05) is 0 Å². The molecule has 120 valence electrons. The monoisotopic (exact) mass is 325 g/mol. The van der Waals surface area contributed by atoms with E-state index in [1.807, 2.05) is 18.2 Å². The maximum Gasteiger partial charge on any atom is 0.229 e. The molecular formula is C15H20ClN3O3. The van der Waals surface area contributed by atoms with E-state index in [1.54, 1.807) is 0 Å². The lowest BCUT2D eigenvalue weighted by Gasteiger charge is -2.21. The number of hydrogen-bond acceptors (Lipinski definition) is 4. The topological polar surface area (TPSA) is 79.5 Å². The molecule has 22 heavy (non-hydrogen) atoms. The Balaban J connectivity index is 0.00000176. The van der Waals surface area contributed by atoms with E-state index in [0.29, 0.717) is 26.0 Å². The number of carbonyl (C=O) groups excluding carboxylic acids is 2. The Morgan fingerprint density at radius 3 is 3.00 bits per heavy atom. The molecule has 1 atom stereocenters. The first-order chi connectivity index (χ1) is 10.2. The molecule has 0 aliphatic carbocycles. The van der Waals surface area contributed by atoms with Crippen LogP contribution in [0.2, 0.25) is 0 Å². The van der Waals surface area contributed by atoms with Crippen LogP contribution in [0, 0.1) is 5.92 Å². The van der Waals surface area contributed by atoms with E-state index < -0.39 is 0 Å². The van der Waals surface area contributed by atoms with Crippen molar-refractivity contribution in [3.8, 4) is 5.75 Å². The summed E-state index contributed by atoms with van der Waals surface area (Å²) in [6.45, 7) is 2.62. The highest BCUT2D eigenvalue weighted by Gasteiger charge is 2.24. The van der Waals surface area contributed by atoms with Crippen molar-refractivity contribution in [2.75, 3.05) is 25.0 Å². The van der Waals surface area contributed by atoms with Gasteiger partial charge in [-0.25, -0.2) is 0 Å². The molecule has 1 aromatic carbocycles. The van der Waals surface area contributed by atoms with E-state index in [1.165, 1.54) is 0 Å². The molecule has 1 saturated heterocycles. The van der Waals surface area contributed by atoms with E-state index in [4.69, 9.17) is 4.74 Å². The third kappa shape index (κ3) is 3.90. The van der Waals surface area contributed by atoms with Crippen molar-refractivity contribution in [1.82, 2.24) is 10.6 Å². The maximum atomic E-state index is 12.2. The molecule has 3 rings (SSSR count). The van der Waals surface area contributed by atoms with Crippen LogP contribution in [0.25, 0.3) is 0 Å². The van der Waals surface area contributed by atoms with Crippen LogP contribution in [-0.2, 0) is 16.1 Å². The molecule has 2 aliphatic heterocycles. The first-order valence-electron chi connectivity index (χ1n) is 7.26. The summed E-state index contributed by atoms with van der Waals surface area (Å²) in [5, 5.41) is 8.92. The summed E-state index contributed by atoms with van der Waals surface area (Å²) in [6.07, 6.45) is 1.02. The van der Waals surface area contributed by atoms with Crippen molar-refractivity contribution >= 4 is 29.9 Å². The van der Waals surface area contributed by atoms with Gasteiger partial charge in [0.05, 0.1) is 5.92 Å². The molecular weight excluding hydrogens is 306 g/mol. The third-order valence-electron chi connectivity index (χ3n) is 3.82. The Bertz CT molecular complexity index is 555. The molecule has 7 heteroatoms. The molecule has 6 nitrogen and oxygen atoms in total. The highest BCUT2D eigenvalue weighted by atomic mass is 35.5. The molecule has 2 amide bonds. The molecule has 1 aromatic rings. The number of benzene rings is 1. The standard InChI is InChI=1S/C15H19N3O3.ClH/c19-14-4-1-10(9-17-14)15(20)18-12-2-3-13-11(7-12)8-16-5-6-21-13;/h2-3,7,10,16H,1,4-6,8-9H2,(H,17,19)(H,18,20);1H. The SMILES string of the molecule is Cl.O=C1CCC(C(=O)Nc2ccc3c(c2)CNCCO3)CN1. The molecule has 0 bridgehead atoms. The number of halogens is 1. The Labute approximate surface area is 135 Å². The van der Waals surface area contributed by atoms with Crippen molar-refractivity contribution in [3.05, 3.63) is 23.8 Å². The van der Waals surface area contributed by atoms with Crippen LogP contribution < -0.4 is 20.7 Å². The van der Waals surface area contributed by atoms with E-state index in [-0.39, 0.29) is 30.1 Å². The van der Waals surface area contributed by atoms with Gasteiger partial charge < -0.3 is 20.7 Å². The summed E-state index contributed by atoms with van der Waals surface area (Å²) < 4.78 is 5.61. The van der Waals surface area contributed by atoms with E-state index in [0.717, 1.165) is 30.1 Å². The number of rotatable bonds is 2. The number of piperidine rings is 1. The van der Waals surface area contributed by atoms with Crippen LogP contribution in [0.4, 0.5) is 5.69 Å². The molecule has 1 fully saturated rings. The van der Waals surface area contributed by atoms with Crippen molar-refractivity contribution in [2.45, 2.75) is 19.4 Å². The lowest BCUT2D eigenvalue weighted by atomic mass is 9.98. The molecule has 2 heterocycles. The number of nitrogens with one attached hydrogen (secondary N) is 3. The van der Waals surface area contributed by atoms with Crippen molar-refractivity contribution < 1.29 is 14.3 Å². The van der Waals surface area contributed by atoms with Crippen molar-refractivity contribution in [1.29, 1.82) is 0 Å². The molecule has 0 aromatic heterocycles. The summed E-state index contributed by atoms with van der Waals surface area (Å²) in [5.74, 6) is 0.684. The molecule has 0 spiro atoms. The van der Waals surface area contributed by atoms with Crippen LogP contribution in [-0.4, -0.2) is 31.5 Å². The van der Waals surface area contributed by atoms with Crippen LogP contribution in [0.1, 0.15) is 18.4 Å². The first-order valence-corrected chi connectivity index (χ1v) is 7.26. The summed E-state index contributed by atoms with van der Waals surface area (Å²) in [5.41, 5.74) is 1.81. The largest absolute Gasteiger partial charge is 0.492 e. The summed E-state index contributed by atoms with van der Waals surface area (Å²) >= 11 is 0. The number of hydrogen-bond donors (Lipinski definition) is 3. The van der Waals surface area contributed by atoms with Crippen LogP contribution in [0.5, 0.6) is 5.75 Å². The van der Waals surface area contributed by atoms with Gasteiger partial charge in [0.1, 0.15) is 12.4 Å². The lowest BCUT2D eigenvalue weighted by Crippen LogP contribution is -2.40. The third-order valence-corrected chi connectivity index (χ3v) is 3.82. The zero-order valence-electron chi connectivity index (χ0n) is 12.2. The highest BCUT2D eigenvalue weighted by molar-refractivity contribution is 5.94.